The molecule has 112 valence electrons. The number of aromatic nitrogens is 1. The van der Waals surface area contributed by atoms with Crippen LogP contribution in [0.4, 0.5) is 0 Å². The number of nitrogens with zero attached hydrogens (tertiary/aromatic N) is 2. The quantitative estimate of drug-likeness (QED) is 0.907. The van der Waals surface area contributed by atoms with E-state index in [0.717, 1.165) is 32.4 Å². The Bertz CT molecular complexity index is 510. The minimum absolute atomic E-state index is 0.000173. The summed E-state index contributed by atoms with van der Waals surface area (Å²) in [6, 6.07) is 3.79. The van der Waals surface area contributed by atoms with Crippen molar-refractivity contribution >= 4 is 11.8 Å². The van der Waals surface area contributed by atoms with E-state index in [-0.39, 0.29) is 17.9 Å². The van der Waals surface area contributed by atoms with Gasteiger partial charge in [-0.05, 0) is 43.2 Å². The van der Waals surface area contributed by atoms with Gasteiger partial charge in [0.2, 0.25) is 11.8 Å². The van der Waals surface area contributed by atoms with Gasteiger partial charge in [-0.25, -0.2) is 0 Å². The Morgan fingerprint density at radius 1 is 1.33 bits per heavy atom. The van der Waals surface area contributed by atoms with Gasteiger partial charge in [0.15, 0.2) is 0 Å². The van der Waals surface area contributed by atoms with Crippen LogP contribution in [0.25, 0.3) is 0 Å². The number of carbonyl (C=O) groups excluding carboxylic acids is 2. The monoisotopic (exact) mass is 287 g/mol. The molecule has 2 aliphatic heterocycles. The molecule has 1 aromatic heterocycles. The van der Waals surface area contributed by atoms with Gasteiger partial charge in [0.05, 0.1) is 0 Å². The van der Waals surface area contributed by atoms with Gasteiger partial charge in [0.25, 0.3) is 0 Å². The Morgan fingerprint density at radius 2 is 2.14 bits per heavy atom. The van der Waals surface area contributed by atoms with Gasteiger partial charge >= 0.3 is 0 Å². The van der Waals surface area contributed by atoms with E-state index in [9.17, 15) is 9.59 Å². The molecule has 0 aliphatic carbocycles. The zero-order valence-electron chi connectivity index (χ0n) is 12.1. The summed E-state index contributed by atoms with van der Waals surface area (Å²) in [5, 5.41) is 2.76. The van der Waals surface area contributed by atoms with Gasteiger partial charge < -0.3 is 10.2 Å². The predicted molar refractivity (Wildman–Crippen MR) is 78.4 cm³/mol. The summed E-state index contributed by atoms with van der Waals surface area (Å²) in [6.07, 6.45) is 7.94. The number of likely N-dealkylation sites (tertiary alicyclic amines) is 1. The summed E-state index contributed by atoms with van der Waals surface area (Å²) in [4.78, 5) is 29.6. The van der Waals surface area contributed by atoms with E-state index in [0.29, 0.717) is 18.8 Å². The molecule has 1 aromatic rings. The van der Waals surface area contributed by atoms with E-state index < -0.39 is 0 Å². The standard InChI is InChI=1S/C16H21N3O2/c20-15-4-3-14(18-15)16(21)19-8-5-12(6-9-19)10-13-2-1-7-17-11-13/h1-2,7,11-12,14H,3-6,8-10H2,(H,18,20)/t14-/m1/s1. The number of rotatable bonds is 3. The largest absolute Gasteiger partial charge is 0.344 e. The van der Waals surface area contributed by atoms with E-state index >= 15 is 0 Å². The molecule has 0 spiro atoms. The Labute approximate surface area is 124 Å². The predicted octanol–water partition coefficient (Wildman–Crippen LogP) is 1.14. The van der Waals surface area contributed by atoms with Crippen molar-refractivity contribution in [3.05, 3.63) is 30.1 Å². The molecule has 2 aliphatic rings. The smallest absolute Gasteiger partial charge is 0.245 e. The van der Waals surface area contributed by atoms with Crippen LogP contribution in [0.2, 0.25) is 0 Å². The lowest BCUT2D eigenvalue weighted by atomic mass is 9.90. The minimum atomic E-state index is -0.285. The second-order valence-corrected chi connectivity index (χ2v) is 5.99. The molecule has 3 heterocycles. The van der Waals surface area contributed by atoms with E-state index in [1.54, 1.807) is 6.20 Å². The fraction of sp³-hybridized carbons (Fsp3) is 0.562. The summed E-state index contributed by atoms with van der Waals surface area (Å²) in [5.41, 5.74) is 1.27. The average Bonchev–Trinajstić information content (AvgIpc) is 2.95. The fourth-order valence-corrected chi connectivity index (χ4v) is 3.23. The van der Waals surface area contributed by atoms with Crippen molar-refractivity contribution in [2.24, 2.45) is 5.92 Å². The second kappa shape index (κ2) is 6.24. The molecular weight excluding hydrogens is 266 g/mol. The molecule has 21 heavy (non-hydrogen) atoms. The molecule has 0 unspecified atom stereocenters. The third-order valence-electron chi connectivity index (χ3n) is 4.47. The number of piperidine rings is 1. The first-order valence-electron chi connectivity index (χ1n) is 7.69. The van der Waals surface area contributed by atoms with Crippen molar-refractivity contribution in [1.29, 1.82) is 0 Å². The van der Waals surface area contributed by atoms with Gasteiger partial charge in [-0.1, -0.05) is 6.07 Å². The molecular formula is C16H21N3O2. The molecule has 5 heteroatoms. The Hall–Kier alpha value is -1.91. The van der Waals surface area contributed by atoms with Gasteiger partial charge in [-0.3, -0.25) is 14.6 Å². The zero-order valence-corrected chi connectivity index (χ0v) is 12.1. The molecule has 0 radical (unpaired) electrons. The number of nitrogens with one attached hydrogen (secondary N) is 1. The fourth-order valence-electron chi connectivity index (χ4n) is 3.23. The SMILES string of the molecule is O=C1CC[C@H](C(=O)N2CCC(Cc3cccnc3)CC2)N1. The van der Waals surface area contributed by atoms with Crippen LogP contribution < -0.4 is 5.32 Å². The molecule has 1 N–H and O–H groups in total. The topological polar surface area (TPSA) is 62.3 Å². The summed E-state index contributed by atoms with van der Waals surface area (Å²) >= 11 is 0. The summed E-state index contributed by atoms with van der Waals surface area (Å²) < 4.78 is 0. The molecule has 1 atom stereocenters. The number of hydrogen-bond acceptors (Lipinski definition) is 3. The first kappa shape index (κ1) is 14.0. The molecule has 0 bridgehead atoms. The maximum Gasteiger partial charge on any atom is 0.245 e. The van der Waals surface area contributed by atoms with Crippen LogP contribution in [0.15, 0.2) is 24.5 Å². The Morgan fingerprint density at radius 3 is 2.76 bits per heavy atom. The molecule has 0 saturated carbocycles. The third kappa shape index (κ3) is 3.40. The van der Waals surface area contributed by atoms with Crippen LogP contribution in [0, 0.1) is 5.92 Å². The molecule has 2 amide bonds. The lowest BCUT2D eigenvalue weighted by Gasteiger charge is -2.33. The summed E-state index contributed by atoms with van der Waals surface area (Å²) in [6.45, 7) is 1.60. The highest BCUT2D eigenvalue weighted by Gasteiger charge is 2.32. The van der Waals surface area contributed by atoms with Crippen LogP contribution in [0.5, 0.6) is 0 Å². The van der Waals surface area contributed by atoms with Crippen molar-refractivity contribution in [2.45, 2.75) is 38.1 Å². The van der Waals surface area contributed by atoms with E-state index in [1.807, 2.05) is 17.2 Å². The Kier molecular flexibility index (Phi) is 4.18. The third-order valence-corrected chi connectivity index (χ3v) is 4.47. The van der Waals surface area contributed by atoms with E-state index in [2.05, 4.69) is 16.4 Å². The number of amides is 2. The van der Waals surface area contributed by atoms with Crippen molar-refractivity contribution in [3.8, 4) is 0 Å². The number of carbonyl (C=O) groups is 2. The summed E-state index contributed by atoms with van der Waals surface area (Å²) in [5.74, 6) is 0.719. The first-order valence-corrected chi connectivity index (χ1v) is 7.69. The van der Waals surface area contributed by atoms with Crippen LogP contribution >= 0.6 is 0 Å². The zero-order chi connectivity index (χ0) is 14.7. The number of hydrogen-bond donors (Lipinski definition) is 1. The first-order chi connectivity index (χ1) is 10.2. The summed E-state index contributed by atoms with van der Waals surface area (Å²) in [7, 11) is 0. The van der Waals surface area contributed by atoms with Crippen LogP contribution in [0.3, 0.4) is 0 Å². The van der Waals surface area contributed by atoms with E-state index in [4.69, 9.17) is 0 Å². The van der Waals surface area contributed by atoms with Crippen molar-refractivity contribution in [1.82, 2.24) is 15.2 Å². The highest BCUT2D eigenvalue weighted by atomic mass is 16.2. The Balaban J connectivity index is 1.49. The molecule has 0 aromatic carbocycles. The maximum absolute atomic E-state index is 12.3. The van der Waals surface area contributed by atoms with Gasteiger partial charge in [-0.2, -0.15) is 0 Å². The lowest BCUT2D eigenvalue weighted by Crippen LogP contribution is -2.47. The van der Waals surface area contributed by atoms with Gasteiger partial charge in [0.1, 0.15) is 6.04 Å². The number of pyridine rings is 1. The van der Waals surface area contributed by atoms with Crippen LogP contribution in [-0.4, -0.2) is 40.8 Å². The lowest BCUT2D eigenvalue weighted by molar-refractivity contribution is -0.135. The highest BCUT2D eigenvalue weighted by Crippen LogP contribution is 2.22. The van der Waals surface area contributed by atoms with Crippen molar-refractivity contribution in [2.75, 3.05) is 13.1 Å². The minimum Gasteiger partial charge on any atom is -0.344 e. The van der Waals surface area contributed by atoms with Gasteiger partial charge in [0, 0.05) is 31.9 Å². The maximum atomic E-state index is 12.3. The van der Waals surface area contributed by atoms with E-state index in [1.165, 1.54) is 5.56 Å². The van der Waals surface area contributed by atoms with Crippen molar-refractivity contribution < 1.29 is 9.59 Å². The molecule has 3 rings (SSSR count). The highest BCUT2D eigenvalue weighted by molar-refractivity contribution is 5.90. The second-order valence-electron chi connectivity index (χ2n) is 5.99. The average molecular weight is 287 g/mol. The normalized spacial score (nSPS) is 23.1. The van der Waals surface area contributed by atoms with Crippen LogP contribution in [0.1, 0.15) is 31.2 Å². The molecule has 5 nitrogen and oxygen atoms in total. The molecule has 2 fully saturated rings. The molecule has 2 saturated heterocycles. The van der Waals surface area contributed by atoms with Crippen LogP contribution in [-0.2, 0) is 16.0 Å². The van der Waals surface area contributed by atoms with Gasteiger partial charge in [-0.15, -0.1) is 0 Å². The van der Waals surface area contributed by atoms with Crippen molar-refractivity contribution in [3.63, 3.8) is 0 Å².